The largest absolute Gasteiger partial charge is 0.339 e. The Hall–Kier alpha value is -3.02. The summed E-state index contributed by atoms with van der Waals surface area (Å²) < 4.78 is 18.5. The Kier molecular flexibility index (Phi) is 4.65. The summed E-state index contributed by atoms with van der Waals surface area (Å²) in [4.78, 5) is 16.2. The van der Waals surface area contributed by atoms with Gasteiger partial charge >= 0.3 is 0 Å². The fraction of sp³-hybridized carbons (Fsp3) is 0.167. The zero-order valence-electron chi connectivity index (χ0n) is 13.1. The number of nitrogens with one attached hydrogen (secondary N) is 1. The molecule has 3 aromatic rings. The molecule has 0 fully saturated rings. The first kappa shape index (κ1) is 15.9. The van der Waals surface area contributed by atoms with Crippen LogP contribution in [0.1, 0.15) is 17.9 Å². The number of halogens is 1. The molecule has 1 aromatic heterocycles. The Balaban J connectivity index is 1.63. The normalized spacial score (nSPS) is 10.6. The molecule has 0 saturated heterocycles. The van der Waals surface area contributed by atoms with E-state index in [9.17, 15) is 9.18 Å². The second-order valence-corrected chi connectivity index (χ2v) is 5.36. The second kappa shape index (κ2) is 7.04. The number of benzene rings is 2. The first-order chi connectivity index (χ1) is 11.6. The summed E-state index contributed by atoms with van der Waals surface area (Å²) in [6, 6.07) is 13.6. The lowest BCUT2D eigenvalue weighted by Gasteiger charge is -2.07. The van der Waals surface area contributed by atoms with Crippen LogP contribution in [0.3, 0.4) is 0 Å². The monoisotopic (exact) mass is 325 g/mol. The number of carbonyl (C=O) groups excluding carboxylic acids is 1. The zero-order valence-corrected chi connectivity index (χ0v) is 13.1. The number of rotatable bonds is 5. The quantitative estimate of drug-likeness (QED) is 0.775. The van der Waals surface area contributed by atoms with Gasteiger partial charge in [0.05, 0.1) is 0 Å². The molecular weight excluding hydrogens is 309 g/mol. The van der Waals surface area contributed by atoms with Crippen LogP contribution in [0.4, 0.5) is 10.1 Å². The van der Waals surface area contributed by atoms with Gasteiger partial charge in [0.1, 0.15) is 5.82 Å². The van der Waals surface area contributed by atoms with Crippen molar-refractivity contribution >= 4 is 11.6 Å². The first-order valence-corrected chi connectivity index (χ1v) is 7.56. The highest BCUT2D eigenvalue weighted by Crippen LogP contribution is 2.20. The van der Waals surface area contributed by atoms with E-state index >= 15 is 0 Å². The molecule has 5 nitrogen and oxygen atoms in total. The SMILES string of the molecule is Cc1nc(-c2cccc(NC(=O)CCc3ccccc3F)c2)no1. The third-order valence-corrected chi connectivity index (χ3v) is 3.51. The van der Waals surface area contributed by atoms with Gasteiger partial charge in [0, 0.05) is 24.6 Å². The van der Waals surface area contributed by atoms with Crippen LogP contribution in [-0.4, -0.2) is 16.0 Å². The van der Waals surface area contributed by atoms with Crippen molar-refractivity contribution in [1.82, 2.24) is 10.1 Å². The van der Waals surface area contributed by atoms with E-state index in [0.717, 1.165) is 5.56 Å². The van der Waals surface area contributed by atoms with Crippen LogP contribution in [-0.2, 0) is 11.2 Å². The number of amides is 1. The van der Waals surface area contributed by atoms with Gasteiger partial charge in [-0.2, -0.15) is 4.98 Å². The summed E-state index contributed by atoms with van der Waals surface area (Å²) in [5.74, 6) is 0.471. The van der Waals surface area contributed by atoms with Gasteiger partial charge < -0.3 is 9.84 Å². The van der Waals surface area contributed by atoms with Crippen molar-refractivity contribution in [3.8, 4) is 11.4 Å². The molecule has 0 spiro atoms. The molecule has 1 amide bonds. The minimum absolute atomic E-state index is 0.181. The summed E-state index contributed by atoms with van der Waals surface area (Å²) in [6.45, 7) is 1.71. The molecule has 0 saturated carbocycles. The Labute approximate surface area is 138 Å². The lowest BCUT2D eigenvalue weighted by atomic mass is 10.1. The highest BCUT2D eigenvalue weighted by atomic mass is 19.1. The number of aryl methyl sites for hydroxylation is 2. The molecule has 24 heavy (non-hydrogen) atoms. The summed E-state index contributed by atoms with van der Waals surface area (Å²) in [6.07, 6.45) is 0.550. The molecule has 1 heterocycles. The number of hydrogen-bond acceptors (Lipinski definition) is 4. The van der Waals surface area contributed by atoms with E-state index in [1.807, 2.05) is 6.07 Å². The minimum Gasteiger partial charge on any atom is -0.339 e. The molecule has 0 atom stereocenters. The van der Waals surface area contributed by atoms with E-state index in [1.165, 1.54) is 6.07 Å². The van der Waals surface area contributed by atoms with Gasteiger partial charge in [0.2, 0.25) is 17.6 Å². The van der Waals surface area contributed by atoms with Gasteiger partial charge in [-0.25, -0.2) is 4.39 Å². The van der Waals surface area contributed by atoms with Crippen molar-refractivity contribution in [3.05, 3.63) is 65.8 Å². The molecule has 0 bridgehead atoms. The van der Waals surface area contributed by atoms with Crippen molar-refractivity contribution < 1.29 is 13.7 Å². The third kappa shape index (κ3) is 3.84. The maximum Gasteiger partial charge on any atom is 0.224 e. The number of nitrogens with zero attached hydrogens (tertiary/aromatic N) is 2. The Morgan fingerprint density at radius 3 is 2.79 bits per heavy atom. The molecule has 0 aliphatic rings. The molecule has 0 aliphatic heterocycles. The Bertz CT molecular complexity index is 861. The molecule has 1 N–H and O–H groups in total. The lowest BCUT2D eigenvalue weighted by molar-refractivity contribution is -0.116. The maximum absolute atomic E-state index is 13.6. The van der Waals surface area contributed by atoms with Gasteiger partial charge in [-0.05, 0) is 30.2 Å². The number of carbonyl (C=O) groups is 1. The predicted molar refractivity (Wildman–Crippen MR) is 87.8 cm³/mol. The molecule has 0 unspecified atom stereocenters. The smallest absolute Gasteiger partial charge is 0.224 e. The van der Waals surface area contributed by atoms with Gasteiger partial charge in [-0.15, -0.1) is 0 Å². The van der Waals surface area contributed by atoms with Crippen LogP contribution in [0, 0.1) is 12.7 Å². The van der Waals surface area contributed by atoms with E-state index in [4.69, 9.17) is 4.52 Å². The van der Waals surface area contributed by atoms with Crippen molar-refractivity contribution in [2.45, 2.75) is 19.8 Å². The summed E-state index contributed by atoms with van der Waals surface area (Å²) in [5, 5.41) is 6.65. The predicted octanol–water partition coefficient (Wildman–Crippen LogP) is 3.76. The van der Waals surface area contributed by atoms with Gasteiger partial charge in [0.25, 0.3) is 0 Å². The van der Waals surface area contributed by atoms with E-state index in [2.05, 4.69) is 15.5 Å². The maximum atomic E-state index is 13.6. The van der Waals surface area contributed by atoms with Gasteiger partial charge in [-0.3, -0.25) is 4.79 Å². The number of aromatic nitrogens is 2. The summed E-state index contributed by atoms with van der Waals surface area (Å²) in [5.41, 5.74) is 1.91. The molecule has 122 valence electrons. The van der Waals surface area contributed by atoms with Crippen molar-refractivity contribution in [2.75, 3.05) is 5.32 Å². The average Bonchev–Trinajstić information content (AvgIpc) is 3.01. The number of anilines is 1. The Morgan fingerprint density at radius 1 is 1.21 bits per heavy atom. The molecule has 0 radical (unpaired) electrons. The topological polar surface area (TPSA) is 68.0 Å². The van der Waals surface area contributed by atoms with Crippen LogP contribution in [0.2, 0.25) is 0 Å². The minimum atomic E-state index is -0.292. The Morgan fingerprint density at radius 2 is 2.04 bits per heavy atom. The van der Waals surface area contributed by atoms with Crippen LogP contribution >= 0.6 is 0 Å². The van der Waals surface area contributed by atoms with Crippen LogP contribution in [0.5, 0.6) is 0 Å². The fourth-order valence-corrected chi connectivity index (χ4v) is 2.33. The van der Waals surface area contributed by atoms with Crippen LogP contribution < -0.4 is 5.32 Å². The van der Waals surface area contributed by atoms with Crippen LogP contribution in [0.25, 0.3) is 11.4 Å². The molecular formula is C18H16FN3O2. The van der Waals surface area contributed by atoms with Crippen molar-refractivity contribution in [1.29, 1.82) is 0 Å². The molecule has 2 aromatic carbocycles. The number of hydrogen-bond donors (Lipinski definition) is 1. The first-order valence-electron chi connectivity index (χ1n) is 7.56. The third-order valence-electron chi connectivity index (χ3n) is 3.51. The second-order valence-electron chi connectivity index (χ2n) is 5.36. The van der Waals surface area contributed by atoms with Crippen molar-refractivity contribution in [3.63, 3.8) is 0 Å². The standard InChI is InChI=1S/C18H16FN3O2/c1-12-20-18(22-24-12)14-6-4-7-15(11-14)21-17(23)10-9-13-5-2-3-8-16(13)19/h2-8,11H,9-10H2,1H3,(H,21,23). The van der Waals surface area contributed by atoms with Gasteiger partial charge in [0.15, 0.2) is 0 Å². The molecule has 0 aliphatic carbocycles. The van der Waals surface area contributed by atoms with Gasteiger partial charge in [-0.1, -0.05) is 35.5 Å². The molecule has 6 heteroatoms. The fourth-order valence-electron chi connectivity index (χ4n) is 2.33. The van der Waals surface area contributed by atoms with E-state index in [1.54, 1.807) is 43.3 Å². The van der Waals surface area contributed by atoms with E-state index in [0.29, 0.717) is 29.4 Å². The van der Waals surface area contributed by atoms with Crippen LogP contribution in [0.15, 0.2) is 53.1 Å². The summed E-state index contributed by atoms with van der Waals surface area (Å²) in [7, 11) is 0. The highest BCUT2D eigenvalue weighted by molar-refractivity contribution is 5.91. The lowest BCUT2D eigenvalue weighted by Crippen LogP contribution is -2.12. The average molecular weight is 325 g/mol. The van der Waals surface area contributed by atoms with E-state index < -0.39 is 0 Å². The van der Waals surface area contributed by atoms with Crippen molar-refractivity contribution in [2.24, 2.45) is 0 Å². The molecule has 3 rings (SSSR count). The zero-order chi connectivity index (χ0) is 16.9. The summed E-state index contributed by atoms with van der Waals surface area (Å²) >= 11 is 0. The van der Waals surface area contributed by atoms with E-state index in [-0.39, 0.29) is 18.1 Å². The highest BCUT2D eigenvalue weighted by Gasteiger charge is 2.09.